The van der Waals surface area contributed by atoms with Gasteiger partial charge in [-0.1, -0.05) is 24.3 Å². The number of pyridine rings is 1. The van der Waals surface area contributed by atoms with Gasteiger partial charge in [0, 0.05) is 23.9 Å². The third-order valence-electron chi connectivity index (χ3n) is 4.37. The van der Waals surface area contributed by atoms with Gasteiger partial charge in [-0.05, 0) is 35.9 Å². The van der Waals surface area contributed by atoms with E-state index in [-0.39, 0.29) is 18.0 Å². The Bertz CT molecular complexity index is 1210. The Morgan fingerprint density at radius 3 is 2.72 bits per heavy atom. The van der Waals surface area contributed by atoms with E-state index >= 15 is 0 Å². The maximum atomic E-state index is 12.8. The van der Waals surface area contributed by atoms with E-state index in [9.17, 15) is 9.59 Å². The van der Waals surface area contributed by atoms with E-state index in [0.717, 1.165) is 10.9 Å². The van der Waals surface area contributed by atoms with Crippen molar-refractivity contribution in [1.82, 2.24) is 20.1 Å². The molecule has 3 aromatic heterocycles. The zero-order valence-electron chi connectivity index (χ0n) is 15.5. The number of carbonyl (C=O) groups excluding carboxylic acids is 1. The minimum atomic E-state index is -0.280. The first-order chi connectivity index (χ1) is 14.2. The molecule has 4 rings (SSSR count). The van der Waals surface area contributed by atoms with Crippen molar-refractivity contribution in [2.45, 2.75) is 13.1 Å². The molecule has 7 nitrogen and oxygen atoms in total. The van der Waals surface area contributed by atoms with Gasteiger partial charge in [-0.25, -0.2) is 4.68 Å². The Kier molecular flexibility index (Phi) is 5.29. The van der Waals surface area contributed by atoms with Gasteiger partial charge in [-0.2, -0.15) is 5.10 Å². The molecule has 1 amide bonds. The summed E-state index contributed by atoms with van der Waals surface area (Å²) in [5, 5.41) is 8.58. The van der Waals surface area contributed by atoms with Gasteiger partial charge in [0.15, 0.2) is 0 Å². The van der Waals surface area contributed by atoms with Crippen LogP contribution in [0.5, 0.6) is 0 Å². The van der Waals surface area contributed by atoms with E-state index < -0.39 is 0 Å². The number of rotatable bonds is 6. The van der Waals surface area contributed by atoms with Gasteiger partial charge in [0.2, 0.25) is 5.91 Å². The molecule has 0 fully saturated rings. The van der Waals surface area contributed by atoms with Crippen LogP contribution in [0.2, 0.25) is 0 Å². The van der Waals surface area contributed by atoms with Crippen LogP contribution in [-0.2, 0) is 17.9 Å². The van der Waals surface area contributed by atoms with Gasteiger partial charge < -0.3 is 9.73 Å². The molecule has 0 saturated carbocycles. The number of benzene rings is 1. The van der Waals surface area contributed by atoms with Crippen molar-refractivity contribution in [1.29, 1.82) is 0 Å². The first kappa shape index (κ1) is 18.4. The molecule has 144 valence electrons. The molecule has 3 heterocycles. The molecule has 0 atom stereocenters. The van der Waals surface area contributed by atoms with E-state index in [1.54, 1.807) is 42.9 Å². The highest BCUT2D eigenvalue weighted by Gasteiger charge is 2.11. The normalized spacial score (nSPS) is 11.2. The van der Waals surface area contributed by atoms with Crippen molar-refractivity contribution in [2.75, 3.05) is 0 Å². The standard InChI is InChI=1S/C22H18N4O3/c27-21(10-9-17-6-4-12-29-17)24-14-20-18-7-1-2-8-19(18)22(28)26(25-20)15-16-5-3-11-23-13-16/h1-13H,14-15H2,(H,24,27)/b10-9+. The summed E-state index contributed by atoms with van der Waals surface area (Å²) >= 11 is 0. The maximum Gasteiger partial charge on any atom is 0.274 e. The molecule has 0 aliphatic rings. The van der Waals surface area contributed by atoms with Crippen molar-refractivity contribution in [3.8, 4) is 0 Å². The molecule has 0 saturated heterocycles. The third kappa shape index (κ3) is 4.30. The van der Waals surface area contributed by atoms with Crippen molar-refractivity contribution in [3.05, 3.63) is 101 Å². The van der Waals surface area contributed by atoms with E-state index in [2.05, 4.69) is 15.4 Å². The molecular formula is C22H18N4O3. The van der Waals surface area contributed by atoms with Gasteiger partial charge in [0.05, 0.1) is 30.4 Å². The Hall–Kier alpha value is -4.00. The van der Waals surface area contributed by atoms with Crippen LogP contribution in [0, 0.1) is 0 Å². The highest BCUT2D eigenvalue weighted by molar-refractivity contribution is 5.91. The fraction of sp³-hybridized carbons (Fsp3) is 0.0909. The second-order valence-electron chi connectivity index (χ2n) is 6.38. The van der Waals surface area contributed by atoms with Crippen LogP contribution >= 0.6 is 0 Å². The number of furan rings is 1. The van der Waals surface area contributed by atoms with Gasteiger partial charge in [-0.15, -0.1) is 0 Å². The van der Waals surface area contributed by atoms with Crippen molar-refractivity contribution in [3.63, 3.8) is 0 Å². The van der Waals surface area contributed by atoms with Gasteiger partial charge >= 0.3 is 0 Å². The number of hydrogen-bond acceptors (Lipinski definition) is 5. The number of hydrogen-bond donors (Lipinski definition) is 1. The summed E-state index contributed by atoms with van der Waals surface area (Å²) in [6.45, 7) is 0.492. The summed E-state index contributed by atoms with van der Waals surface area (Å²) in [4.78, 5) is 29.1. The summed E-state index contributed by atoms with van der Waals surface area (Å²) in [6, 6.07) is 14.5. The Labute approximate surface area is 166 Å². The molecule has 0 spiro atoms. The van der Waals surface area contributed by atoms with E-state index in [0.29, 0.717) is 23.4 Å². The highest BCUT2D eigenvalue weighted by atomic mass is 16.3. The monoisotopic (exact) mass is 386 g/mol. The van der Waals surface area contributed by atoms with Crippen LogP contribution in [0.15, 0.2) is 82.5 Å². The first-order valence-corrected chi connectivity index (χ1v) is 9.08. The lowest BCUT2D eigenvalue weighted by atomic mass is 10.1. The van der Waals surface area contributed by atoms with Gasteiger partial charge in [0.25, 0.3) is 5.56 Å². The summed E-state index contributed by atoms with van der Waals surface area (Å²) < 4.78 is 6.57. The fourth-order valence-corrected chi connectivity index (χ4v) is 2.98. The average Bonchev–Trinajstić information content (AvgIpc) is 3.28. The highest BCUT2D eigenvalue weighted by Crippen LogP contribution is 2.13. The predicted molar refractivity (Wildman–Crippen MR) is 109 cm³/mol. The molecule has 0 radical (unpaired) electrons. The van der Waals surface area contributed by atoms with Gasteiger partial charge in [0.1, 0.15) is 5.76 Å². The Morgan fingerprint density at radius 1 is 1.10 bits per heavy atom. The lowest BCUT2D eigenvalue weighted by Gasteiger charge is -2.11. The number of aromatic nitrogens is 3. The lowest BCUT2D eigenvalue weighted by molar-refractivity contribution is -0.116. The van der Waals surface area contributed by atoms with Crippen LogP contribution in [-0.4, -0.2) is 20.7 Å². The molecule has 29 heavy (non-hydrogen) atoms. The third-order valence-corrected chi connectivity index (χ3v) is 4.37. The van der Waals surface area contributed by atoms with Crippen molar-refractivity contribution < 1.29 is 9.21 Å². The molecule has 0 aliphatic carbocycles. The fourth-order valence-electron chi connectivity index (χ4n) is 2.98. The van der Waals surface area contributed by atoms with Crippen LogP contribution in [0.25, 0.3) is 16.8 Å². The maximum absolute atomic E-state index is 12.8. The second kappa shape index (κ2) is 8.35. The number of nitrogens with zero attached hydrogens (tertiary/aromatic N) is 3. The average molecular weight is 386 g/mol. The molecule has 4 aromatic rings. The largest absolute Gasteiger partial charge is 0.465 e. The Balaban J connectivity index is 1.60. The summed E-state index contributed by atoms with van der Waals surface area (Å²) in [7, 11) is 0. The molecule has 0 aliphatic heterocycles. The second-order valence-corrected chi connectivity index (χ2v) is 6.38. The van der Waals surface area contributed by atoms with E-state index in [1.165, 1.54) is 10.8 Å². The van der Waals surface area contributed by atoms with E-state index in [4.69, 9.17) is 4.42 Å². The number of fused-ring (bicyclic) bond motifs is 1. The number of carbonyl (C=O) groups is 1. The van der Waals surface area contributed by atoms with Crippen LogP contribution in [0.3, 0.4) is 0 Å². The number of nitrogens with one attached hydrogen (secondary N) is 1. The molecular weight excluding hydrogens is 368 g/mol. The summed E-state index contributed by atoms with van der Waals surface area (Å²) in [5.74, 6) is 0.311. The van der Waals surface area contributed by atoms with E-state index in [1.807, 2.05) is 30.3 Å². The van der Waals surface area contributed by atoms with Crippen molar-refractivity contribution >= 4 is 22.8 Å². The summed E-state index contributed by atoms with van der Waals surface area (Å²) in [6.07, 6.45) is 7.90. The first-order valence-electron chi connectivity index (χ1n) is 9.08. The van der Waals surface area contributed by atoms with Gasteiger partial charge in [-0.3, -0.25) is 14.6 Å². The zero-order valence-corrected chi connectivity index (χ0v) is 15.5. The predicted octanol–water partition coefficient (Wildman–Crippen LogP) is 2.76. The van der Waals surface area contributed by atoms with Crippen LogP contribution < -0.4 is 10.9 Å². The number of amides is 1. The minimum Gasteiger partial charge on any atom is -0.465 e. The molecule has 1 aromatic carbocycles. The van der Waals surface area contributed by atoms with Crippen LogP contribution in [0.1, 0.15) is 17.0 Å². The zero-order chi connectivity index (χ0) is 20.1. The molecule has 7 heteroatoms. The summed E-state index contributed by atoms with van der Waals surface area (Å²) in [5.41, 5.74) is 1.30. The molecule has 1 N–H and O–H groups in total. The van der Waals surface area contributed by atoms with Crippen LogP contribution in [0.4, 0.5) is 0 Å². The SMILES string of the molecule is O=C(/C=C/c1ccco1)NCc1nn(Cc2cccnc2)c(=O)c2ccccc12. The molecule has 0 bridgehead atoms. The quantitative estimate of drug-likeness (QED) is 0.515. The topological polar surface area (TPSA) is 90.0 Å². The lowest BCUT2D eigenvalue weighted by Crippen LogP contribution is -2.28. The minimum absolute atomic E-state index is 0.183. The van der Waals surface area contributed by atoms with Crippen molar-refractivity contribution in [2.24, 2.45) is 0 Å². The Morgan fingerprint density at radius 2 is 1.97 bits per heavy atom. The smallest absolute Gasteiger partial charge is 0.274 e. The molecule has 0 unspecified atom stereocenters.